The number of ether oxygens (including phenoxy) is 2. The van der Waals surface area contributed by atoms with E-state index in [0.717, 1.165) is 11.1 Å². The van der Waals surface area contributed by atoms with E-state index < -0.39 is 32.4 Å². The molecule has 0 atom stereocenters. The average molecular weight is 647 g/mol. The molecule has 0 spiro atoms. The molecule has 44 heavy (non-hydrogen) atoms. The van der Waals surface area contributed by atoms with Gasteiger partial charge in [-0.2, -0.15) is 13.2 Å². The summed E-state index contributed by atoms with van der Waals surface area (Å²) in [5.74, 6) is 0.319. The van der Waals surface area contributed by atoms with Gasteiger partial charge in [-0.1, -0.05) is 36.4 Å². The first-order valence-corrected chi connectivity index (χ1v) is 16.0. The number of hydrogen-bond donors (Lipinski definition) is 0. The quantitative estimate of drug-likeness (QED) is 0.116. The predicted molar refractivity (Wildman–Crippen MR) is 162 cm³/mol. The van der Waals surface area contributed by atoms with Crippen molar-refractivity contribution in [3.05, 3.63) is 114 Å². The van der Waals surface area contributed by atoms with Crippen molar-refractivity contribution < 1.29 is 40.4 Å². The largest absolute Gasteiger partial charge is 0.744 e. The van der Waals surface area contributed by atoms with Crippen LogP contribution in [0.2, 0.25) is 0 Å². The molecule has 0 unspecified atom stereocenters. The molecule has 4 aromatic carbocycles. The van der Waals surface area contributed by atoms with Crippen LogP contribution in [-0.4, -0.2) is 31.1 Å². The van der Waals surface area contributed by atoms with Crippen LogP contribution in [0.3, 0.4) is 0 Å². The number of carbonyl (C=O) groups is 1. The SMILES string of the molecule is Cc1cc(OCC(=O)OC(C)(C)C)cc(C)c1[S+](c1ccccc1)c1ccccc1.O=S(=O)([O-])c1ccc(C(F)(F)F)cc1. The Bertz CT molecular complexity index is 1590. The minimum absolute atomic E-state index is 0.0986. The summed E-state index contributed by atoms with van der Waals surface area (Å²) in [5, 5.41) is 0. The number of halogens is 3. The molecular formula is C33H33F3O6S2. The van der Waals surface area contributed by atoms with Gasteiger partial charge >= 0.3 is 12.1 Å². The summed E-state index contributed by atoms with van der Waals surface area (Å²) in [6.45, 7) is 9.66. The number of alkyl halides is 3. The maximum atomic E-state index is 12.0. The van der Waals surface area contributed by atoms with Gasteiger partial charge in [-0.25, -0.2) is 13.2 Å². The fourth-order valence-corrected chi connectivity index (χ4v) is 6.96. The molecule has 0 heterocycles. The summed E-state index contributed by atoms with van der Waals surface area (Å²) in [4.78, 5) is 15.2. The second kappa shape index (κ2) is 14.3. The summed E-state index contributed by atoms with van der Waals surface area (Å²) in [6, 6.07) is 27.5. The van der Waals surface area contributed by atoms with Gasteiger partial charge in [0.2, 0.25) is 0 Å². The first kappa shape index (κ1) is 34.7. The second-order valence-electron chi connectivity index (χ2n) is 10.7. The van der Waals surface area contributed by atoms with E-state index in [1.807, 2.05) is 45.0 Å². The van der Waals surface area contributed by atoms with Crippen molar-refractivity contribution >= 4 is 27.0 Å². The Kier molecular flexibility index (Phi) is 11.3. The Labute approximate surface area is 258 Å². The maximum Gasteiger partial charge on any atom is 0.416 e. The molecule has 6 nitrogen and oxygen atoms in total. The highest BCUT2D eigenvalue weighted by Crippen LogP contribution is 2.37. The van der Waals surface area contributed by atoms with Crippen LogP contribution in [0, 0.1) is 13.8 Å². The van der Waals surface area contributed by atoms with Gasteiger partial charge in [-0.05, 0) is 95.3 Å². The summed E-state index contributed by atoms with van der Waals surface area (Å²) >= 11 is 0. The van der Waals surface area contributed by atoms with Crippen LogP contribution < -0.4 is 4.74 Å². The van der Waals surface area contributed by atoms with Crippen LogP contribution >= 0.6 is 0 Å². The molecule has 0 N–H and O–H groups in total. The van der Waals surface area contributed by atoms with Crippen molar-refractivity contribution in [2.75, 3.05) is 6.61 Å². The molecule has 0 saturated heterocycles. The van der Waals surface area contributed by atoms with Gasteiger partial charge in [-0.15, -0.1) is 0 Å². The second-order valence-corrected chi connectivity index (χ2v) is 14.0. The molecule has 11 heteroatoms. The molecular weight excluding hydrogens is 613 g/mol. The average Bonchev–Trinajstić information content (AvgIpc) is 2.93. The third-order valence-corrected chi connectivity index (χ3v) is 9.23. The van der Waals surface area contributed by atoms with E-state index in [9.17, 15) is 30.9 Å². The third-order valence-electron chi connectivity index (χ3n) is 5.84. The van der Waals surface area contributed by atoms with E-state index in [0.29, 0.717) is 30.0 Å². The van der Waals surface area contributed by atoms with Gasteiger partial charge in [0.1, 0.15) is 21.5 Å². The van der Waals surface area contributed by atoms with Crippen LogP contribution in [0.25, 0.3) is 0 Å². The molecule has 0 amide bonds. The normalized spacial score (nSPS) is 11.9. The zero-order valence-corrected chi connectivity index (χ0v) is 26.5. The Hall–Kier alpha value is -3.80. The topological polar surface area (TPSA) is 92.7 Å². The molecule has 0 bridgehead atoms. The van der Waals surface area contributed by atoms with Crippen LogP contribution in [0.1, 0.15) is 37.5 Å². The lowest BCUT2D eigenvalue weighted by Gasteiger charge is -2.19. The molecule has 0 radical (unpaired) electrons. The van der Waals surface area contributed by atoms with Crippen LogP contribution in [-0.2, 0) is 36.7 Å². The van der Waals surface area contributed by atoms with E-state index in [2.05, 4.69) is 62.4 Å². The fourth-order valence-electron chi connectivity index (χ4n) is 4.12. The molecule has 0 saturated carbocycles. The lowest BCUT2D eigenvalue weighted by Crippen LogP contribution is -2.27. The third kappa shape index (κ3) is 10.1. The number of aryl methyl sites for hydroxylation is 2. The number of esters is 1. The monoisotopic (exact) mass is 646 g/mol. The lowest BCUT2D eigenvalue weighted by molar-refractivity contribution is -0.157. The summed E-state index contributed by atoms with van der Waals surface area (Å²) in [6.07, 6.45) is -4.54. The van der Waals surface area contributed by atoms with Gasteiger partial charge in [0.05, 0.1) is 21.4 Å². The zero-order valence-electron chi connectivity index (χ0n) is 24.8. The summed E-state index contributed by atoms with van der Waals surface area (Å²) in [5.41, 5.74) is 0.774. The van der Waals surface area contributed by atoms with Crippen LogP contribution in [0.15, 0.2) is 117 Å². The van der Waals surface area contributed by atoms with E-state index in [4.69, 9.17) is 9.47 Å². The van der Waals surface area contributed by atoms with Crippen LogP contribution in [0.5, 0.6) is 5.75 Å². The van der Waals surface area contributed by atoms with E-state index in [-0.39, 0.29) is 23.5 Å². The van der Waals surface area contributed by atoms with Gasteiger partial charge in [0.25, 0.3) is 0 Å². The molecule has 0 aliphatic rings. The van der Waals surface area contributed by atoms with Gasteiger partial charge < -0.3 is 14.0 Å². The minimum Gasteiger partial charge on any atom is -0.744 e. The number of hydrogen-bond acceptors (Lipinski definition) is 6. The summed E-state index contributed by atoms with van der Waals surface area (Å²) < 4.78 is 78.1. The van der Waals surface area contributed by atoms with Gasteiger partial charge in [-0.3, -0.25) is 0 Å². The summed E-state index contributed by atoms with van der Waals surface area (Å²) in [7, 11) is -4.90. The van der Waals surface area contributed by atoms with Gasteiger partial charge in [0.15, 0.2) is 21.3 Å². The number of carbonyl (C=O) groups excluding carboxylic acids is 1. The number of rotatable bonds is 7. The molecule has 0 fully saturated rings. The van der Waals surface area contributed by atoms with E-state index in [1.54, 1.807) is 0 Å². The molecule has 234 valence electrons. The van der Waals surface area contributed by atoms with Crippen molar-refractivity contribution in [3.63, 3.8) is 0 Å². The van der Waals surface area contributed by atoms with E-state index >= 15 is 0 Å². The minimum atomic E-state index is -4.68. The highest BCUT2D eigenvalue weighted by molar-refractivity contribution is 7.97. The predicted octanol–water partition coefficient (Wildman–Crippen LogP) is 7.73. The standard InChI is InChI=1S/C26H29O3S.C7H5F3O3S/c1-19-16-21(28-18-24(27)29-26(3,4)5)17-20(2)25(19)30(22-12-8-6-9-13-22)23-14-10-7-11-15-23;8-7(9,10)5-1-3-6(4-2-5)14(11,12)13/h6-17H,18H2,1-5H3;1-4H,(H,11,12,13)/q+1;/p-1. The zero-order chi connectivity index (χ0) is 32.7. The van der Waals surface area contributed by atoms with Crippen molar-refractivity contribution in [2.24, 2.45) is 0 Å². The molecule has 0 aliphatic carbocycles. The Morgan fingerprint density at radius 3 is 1.64 bits per heavy atom. The number of benzene rings is 4. The molecule has 0 aliphatic heterocycles. The van der Waals surface area contributed by atoms with Crippen molar-refractivity contribution in [1.29, 1.82) is 0 Å². The van der Waals surface area contributed by atoms with Crippen molar-refractivity contribution in [1.82, 2.24) is 0 Å². The molecule has 4 rings (SSSR count). The fraction of sp³-hybridized carbons (Fsp3) is 0.242. The van der Waals surface area contributed by atoms with Gasteiger partial charge in [0, 0.05) is 11.1 Å². The smallest absolute Gasteiger partial charge is 0.416 e. The Balaban J connectivity index is 0.000000317. The van der Waals surface area contributed by atoms with Crippen LogP contribution in [0.4, 0.5) is 13.2 Å². The Morgan fingerprint density at radius 2 is 1.25 bits per heavy atom. The van der Waals surface area contributed by atoms with E-state index in [1.165, 1.54) is 14.7 Å². The van der Waals surface area contributed by atoms with Crippen molar-refractivity contribution in [2.45, 2.75) is 66.0 Å². The lowest BCUT2D eigenvalue weighted by atomic mass is 10.1. The maximum absolute atomic E-state index is 12.0. The highest BCUT2D eigenvalue weighted by Gasteiger charge is 2.32. The molecule has 4 aromatic rings. The first-order chi connectivity index (χ1) is 20.5. The molecule has 0 aromatic heterocycles. The first-order valence-electron chi connectivity index (χ1n) is 13.4. The highest BCUT2D eigenvalue weighted by atomic mass is 32.2. The Morgan fingerprint density at radius 1 is 0.795 bits per heavy atom. The van der Waals surface area contributed by atoms with Crippen molar-refractivity contribution in [3.8, 4) is 5.75 Å².